The van der Waals surface area contributed by atoms with E-state index in [1.807, 2.05) is 36.1 Å². The number of aromatic nitrogens is 3. The lowest BCUT2D eigenvalue weighted by atomic mass is 10.1. The van der Waals surface area contributed by atoms with Gasteiger partial charge in [0.15, 0.2) is 5.16 Å². The molecule has 1 aliphatic rings. The molecule has 24 heavy (non-hydrogen) atoms. The first-order chi connectivity index (χ1) is 11.8. The van der Waals surface area contributed by atoms with E-state index in [1.54, 1.807) is 11.8 Å². The lowest BCUT2D eigenvalue weighted by Crippen LogP contribution is -2.35. The van der Waals surface area contributed by atoms with E-state index in [4.69, 9.17) is 4.74 Å². The zero-order valence-electron chi connectivity index (χ0n) is 13.8. The van der Waals surface area contributed by atoms with Crippen molar-refractivity contribution in [3.8, 4) is 0 Å². The molecule has 1 N–H and O–H groups in total. The number of rotatable bonds is 7. The van der Waals surface area contributed by atoms with Gasteiger partial charge in [-0.15, -0.1) is 0 Å². The molecule has 0 aliphatic carbocycles. The van der Waals surface area contributed by atoms with Crippen LogP contribution < -0.4 is 0 Å². The Bertz CT molecular complexity index is 639. The van der Waals surface area contributed by atoms with Crippen molar-refractivity contribution in [2.24, 2.45) is 5.92 Å². The van der Waals surface area contributed by atoms with E-state index in [0.717, 1.165) is 54.8 Å². The Morgan fingerprint density at radius 1 is 1.42 bits per heavy atom. The summed E-state index contributed by atoms with van der Waals surface area (Å²) in [4.78, 5) is 18.7. The second-order valence-electron chi connectivity index (χ2n) is 5.85. The molecular formula is C17H22N4O2S. The first kappa shape index (κ1) is 17.0. The molecule has 0 spiro atoms. The van der Waals surface area contributed by atoms with E-state index in [1.165, 1.54) is 6.33 Å². The van der Waals surface area contributed by atoms with Crippen LogP contribution in [0.25, 0.3) is 0 Å². The molecule has 0 unspecified atom stereocenters. The number of aromatic amines is 1. The average Bonchev–Trinajstić information content (AvgIpc) is 3.31. The van der Waals surface area contributed by atoms with Crippen molar-refractivity contribution in [3.05, 3.63) is 41.7 Å². The predicted molar refractivity (Wildman–Crippen MR) is 92.9 cm³/mol. The van der Waals surface area contributed by atoms with Gasteiger partial charge in [-0.05, 0) is 31.0 Å². The fourth-order valence-electron chi connectivity index (χ4n) is 2.74. The van der Waals surface area contributed by atoms with E-state index >= 15 is 0 Å². The summed E-state index contributed by atoms with van der Waals surface area (Å²) in [7, 11) is 0. The summed E-state index contributed by atoms with van der Waals surface area (Å²) in [6, 6.07) is 7.82. The van der Waals surface area contributed by atoms with Gasteiger partial charge in [-0.2, -0.15) is 5.10 Å². The summed E-state index contributed by atoms with van der Waals surface area (Å²) in [6.07, 6.45) is 2.54. The number of carbonyl (C=O) groups is 1. The van der Waals surface area contributed by atoms with Crippen molar-refractivity contribution in [2.75, 3.05) is 26.3 Å². The van der Waals surface area contributed by atoms with Crippen molar-refractivity contribution in [1.82, 2.24) is 20.1 Å². The molecule has 1 aromatic carbocycles. The minimum Gasteiger partial charge on any atom is -0.381 e. The smallest absolute Gasteiger partial charge is 0.253 e. The molecule has 1 aliphatic heterocycles. The van der Waals surface area contributed by atoms with E-state index in [9.17, 15) is 4.79 Å². The monoisotopic (exact) mass is 346 g/mol. The molecule has 7 heteroatoms. The highest BCUT2D eigenvalue weighted by Gasteiger charge is 2.22. The third-order valence-corrected chi connectivity index (χ3v) is 5.09. The maximum absolute atomic E-state index is 12.7. The Labute approximate surface area is 146 Å². The summed E-state index contributed by atoms with van der Waals surface area (Å²) in [6.45, 7) is 5.10. The second kappa shape index (κ2) is 8.30. The summed E-state index contributed by atoms with van der Waals surface area (Å²) >= 11 is 1.59. The first-order valence-corrected chi connectivity index (χ1v) is 9.19. The van der Waals surface area contributed by atoms with Gasteiger partial charge in [0, 0.05) is 36.9 Å². The number of hydrogen-bond donors (Lipinski definition) is 1. The van der Waals surface area contributed by atoms with Crippen LogP contribution in [0.15, 0.2) is 35.7 Å². The zero-order chi connectivity index (χ0) is 16.8. The zero-order valence-corrected chi connectivity index (χ0v) is 14.6. The Morgan fingerprint density at radius 2 is 2.25 bits per heavy atom. The van der Waals surface area contributed by atoms with Gasteiger partial charge in [-0.25, -0.2) is 4.98 Å². The number of carbonyl (C=O) groups excluding carboxylic acids is 1. The molecular weight excluding hydrogens is 324 g/mol. The van der Waals surface area contributed by atoms with Crippen LogP contribution in [-0.2, 0) is 10.5 Å². The number of thioether (sulfide) groups is 1. The largest absolute Gasteiger partial charge is 0.381 e. The molecule has 1 atom stereocenters. The second-order valence-corrected chi connectivity index (χ2v) is 6.81. The fourth-order valence-corrected chi connectivity index (χ4v) is 3.47. The van der Waals surface area contributed by atoms with E-state index in [2.05, 4.69) is 15.2 Å². The number of amides is 1. The van der Waals surface area contributed by atoms with Crippen LogP contribution in [0, 0.1) is 5.92 Å². The lowest BCUT2D eigenvalue weighted by molar-refractivity contribution is 0.0731. The van der Waals surface area contributed by atoms with Gasteiger partial charge in [0.2, 0.25) is 0 Å². The molecule has 1 saturated heterocycles. The van der Waals surface area contributed by atoms with Gasteiger partial charge in [0.05, 0.1) is 6.61 Å². The number of benzene rings is 1. The Morgan fingerprint density at radius 3 is 2.88 bits per heavy atom. The average molecular weight is 346 g/mol. The predicted octanol–water partition coefficient (Wildman–Crippen LogP) is 2.60. The maximum Gasteiger partial charge on any atom is 0.253 e. The van der Waals surface area contributed by atoms with Crippen LogP contribution >= 0.6 is 11.8 Å². The molecule has 3 rings (SSSR count). The van der Waals surface area contributed by atoms with Crippen LogP contribution in [0.2, 0.25) is 0 Å². The van der Waals surface area contributed by atoms with Gasteiger partial charge in [0.25, 0.3) is 5.91 Å². The molecule has 2 heterocycles. The van der Waals surface area contributed by atoms with Gasteiger partial charge < -0.3 is 9.64 Å². The van der Waals surface area contributed by atoms with Crippen LogP contribution in [0.3, 0.4) is 0 Å². The van der Waals surface area contributed by atoms with Crippen molar-refractivity contribution >= 4 is 17.7 Å². The molecule has 1 aromatic heterocycles. The third-order valence-electron chi connectivity index (χ3n) is 4.14. The molecule has 2 aromatic rings. The quantitative estimate of drug-likeness (QED) is 0.780. The van der Waals surface area contributed by atoms with E-state index in [-0.39, 0.29) is 5.91 Å². The molecule has 1 amide bonds. The number of H-pyrrole nitrogens is 1. The summed E-state index contributed by atoms with van der Waals surface area (Å²) in [5, 5.41) is 7.45. The van der Waals surface area contributed by atoms with E-state index in [0.29, 0.717) is 5.92 Å². The van der Waals surface area contributed by atoms with Crippen molar-refractivity contribution in [1.29, 1.82) is 0 Å². The first-order valence-electron chi connectivity index (χ1n) is 8.20. The maximum atomic E-state index is 12.7. The van der Waals surface area contributed by atoms with Crippen LogP contribution in [-0.4, -0.2) is 52.3 Å². The minimum atomic E-state index is 0.0961. The molecule has 0 bridgehead atoms. The number of nitrogens with zero attached hydrogens (tertiary/aromatic N) is 3. The highest BCUT2D eigenvalue weighted by molar-refractivity contribution is 7.98. The van der Waals surface area contributed by atoms with Gasteiger partial charge >= 0.3 is 0 Å². The van der Waals surface area contributed by atoms with Crippen LogP contribution in [0.4, 0.5) is 0 Å². The highest BCUT2D eigenvalue weighted by atomic mass is 32.2. The molecule has 1 fully saturated rings. The lowest BCUT2D eigenvalue weighted by Gasteiger charge is -2.23. The van der Waals surface area contributed by atoms with Gasteiger partial charge in [0.1, 0.15) is 6.33 Å². The Balaban J connectivity index is 1.57. The standard InChI is InChI=1S/C17H22N4O2S/c1-2-21(9-14-7-8-23-10-14)16(22)15-5-3-13(4-6-15)11-24-17-18-12-19-20-17/h3-6,12,14H,2,7-11H2,1H3,(H,18,19,20)/t14-/m1/s1. The minimum absolute atomic E-state index is 0.0961. The summed E-state index contributed by atoms with van der Waals surface area (Å²) in [5.74, 6) is 1.35. The van der Waals surface area contributed by atoms with Crippen LogP contribution in [0.1, 0.15) is 29.3 Å². The van der Waals surface area contributed by atoms with Gasteiger partial charge in [-0.3, -0.25) is 9.89 Å². The molecule has 0 radical (unpaired) electrons. The Hall–Kier alpha value is -1.86. The number of nitrogens with one attached hydrogen (secondary N) is 1. The fraction of sp³-hybridized carbons (Fsp3) is 0.471. The molecule has 128 valence electrons. The topological polar surface area (TPSA) is 71.1 Å². The summed E-state index contributed by atoms with van der Waals surface area (Å²) < 4.78 is 5.41. The Kier molecular flexibility index (Phi) is 5.87. The van der Waals surface area contributed by atoms with Crippen molar-refractivity contribution < 1.29 is 9.53 Å². The SMILES string of the molecule is CCN(C[C@H]1CCOC1)C(=O)c1ccc(CSc2ncn[nH]2)cc1. The van der Waals surface area contributed by atoms with Crippen molar-refractivity contribution in [3.63, 3.8) is 0 Å². The van der Waals surface area contributed by atoms with Crippen LogP contribution in [0.5, 0.6) is 0 Å². The normalized spacial score (nSPS) is 17.1. The molecule has 0 saturated carbocycles. The molecule has 6 nitrogen and oxygen atoms in total. The van der Waals surface area contributed by atoms with E-state index < -0.39 is 0 Å². The van der Waals surface area contributed by atoms with Crippen molar-refractivity contribution in [2.45, 2.75) is 24.3 Å². The van der Waals surface area contributed by atoms with Gasteiger partial charge in [-0.1, -0.05) is 23.9 Å². The number of hydrogen-bond acceptors (Lipinski definition) is 5. The highest BCUT2D eigenvalue weighted by Crippen LogP contribution is 2.20. The summed E-state index contributed by atoms with van der Waals surface area (Å²) in [5.41, 5.74) is 1.89. The third kappa shape index (κ3) is 4.36. The number of ether oxygens (including phenoxy) is 1.